The van der Waals surface area contributed by atoms with Gasteiger partial charge in [0.2, 0.25) is 5.78 Å². The van der Waals surface area contributed by atoms with E-state index in [4.69, 9.17) is 5.73 Å². The van der Waals surface area contributed by atoms with Crippen molar-refractivity contribution in [3.63, 3.8) is 0 Å². The number of hydrogen-bond donors (Lipinski definition) is 5. The quantitative estimate of drug-likeness (QED) is 0.321. The number of carbonyl (C=O) groups excluding carboxylic acids is 3. The van der Waals surface area contributed by atoms with Crippen LogP contribution in [0.3, 0.4) is 0 Å². The van der Waals surface area contributed by atoms with Crippen LogP contribution in [0.5, 0.6) is 5.75 Å². The summed E-state index contributed by atoms with van der Waals surface area (Å²) in [4.78, 5) is 40.9. The van der Waals surface area contributed by atoms with Crippen LogP contribution in [0, 0.1) is 17.3 Å². The minimum atomic E-state index is -2.63. The summed E-state index contributed by atoms with van der Waals surface area (Å²) in [5.74, 6) is -6.21. The lowest BCUT2D eigenvalue weighted by atomic mass is 9.57. The molecule has 1 saturated carbocycles. The lowest BCUT2D eigenvalue weighted by Crippen LogP contribution is -2.65. The van der Waals surface area contributed by atoms with Crippen molar-refractivity contribution in [2.45, 2.75) is 84.3 Å². The van der Waals surface area contributed by atoms with Gasteiger partial charge in [-0.3, -0.25) is 19.3 Å². The number of nitrogens with two attached hydrogens (primary N) is 1. The van der Waals surface area contributed by atoms with Crippen LogP contribution in [0.1, 0.15) is 75.6 Å². The zero-order valence-electron chi connectivity index (χ0n) is 24.3. The Hall–Kier alpha value is -3.17. The smallest absolute Gasteiger partial charge is 0.255 e. The van der Waals surface area contributed by atoms with Crippen LogP contribution in [0.2, 0.25) is 0 Å². The molecule has 218 valence electrons. The minimum Gasteiger partial charge on any atom is -0.508 e. The van der Waals surface area contributed by atoms with E-state index in [2.05, 4.69) is 20.8 Å². The predicted molar refractivity (Wildman–Crippen MR) is 151 cm³/mol. The highest BCUT2D eigenvalue weighted by molar-refractivity contribution is 6.24. The Bertz CT molecular complexity index is 1330. The summed E-state index contributed by atoms with van der Waals surface area (Å²) in [7, 11) is 3.18. The topological polar surface area (TPSA) is 161 Å². The summed E-state index contributed by atoms with van der Waals surface area (Å²) in [5, 5.41) is 45.8. The second-order valence-electron chi connectivity index (χ2n) is 13.0. The van der Waals surface area contributed by atoms with Gasteiger partial charge in [-0.25, -0.2) is 0 Å². The number of hydrogen-bond acceptors (Lipinski definition) is 8. The summed E-state index contributed by atoms with van der Waals surface area (Å²) in [5.41, 5.74) is 4.58. The molecular weight excluding hydrogens is 512 g/mol. The van der Waals surface area contributed by atoms with Crippen molar-refractivity contribution < 1.29 is 34.8 Å². The Morgan fingerprint density at radius 1 is 1.12 bits per heavy atom. The molecule has 4 unspecified atom stereocenters. The Morgan fingerprint density at radius 3 is 2.33 bits per heavy atom. The number of ketones is 2. The van der Waals surface area contributed by atoms with Crippen LogP contribution in [0.4, 0.5) is 0 Å². The van der Waals surface area contributed by atoms with E-state index in [0.717, 1.165) is 36.8 Å². The van der Waals surface area contributed by atoms with Gasteiger partial charge >= 0.3 is 0 Å². The van der Waals surface area contributed by atoms with Gasteiger partial charge in [-0.15, -0.1) is 0 Å². The molecule has 3 aliphatic carbocycles. The fourth-order valence-corrected chi connectivity index (χ4v) is 6.94. The zero-order chi connectivity index (χ0) is 29.9. The molecule has 1 aromatic rings. The molecule has 0 saturated heterocycles. The molecule has 0 bridgehead atoms. The number of aromatic hydroxyl groups is 1. The Morgan fingerprint density at radius 2 is 1.77 bits per heavy atom. The lowest BCUT2D eigenvalue weighted by Gasteiger charge is -2.50. The number of nitrogens with zero attached hydrogens (tertiary/aromatic N) is 1. The molecule has 1 fully saturated rings. The van der Waals surface area contributed by atoms with E-state index in [9.17, 15) is 34.8 Å². The maximum Gasteiger partial charge on any atom is 0.255 e. The number of rotatable bonds is 7. The highest BCUT2D eigenvalue weighted by Crippen LogP contribution is 2.53. The molecule has 0 aliphatic heterocycles. The maximum atomic E-state index is 14.1. The average Bonchev–Trinajstić information content (AvgIpc) is 2.83. The van der Waals surface area contributed by atoms with Crippen molar-refractivity contribution in [1.82, 2.24) is 4.90 Å². The molecule has 1 aromatic carbocycles. The van der Waals surface area contributed by atoms with E-state index in [0.29, 0.717) is 18.4 Å². The van der Waals surface area contributed by atoms with Crippen molar-refractivity contribution in [1.29, 1.82) is 0 Å². The monoisotopic (exact) mass is 554 g/mol. The predicted octanol–water partition coefficient (Wildman–Crippen LogP) is 3.29. The van der Waals surface area contributed by atoms with Crippen LogP contribution in [0.25, 0.3) is 5.76 Å². The van der Waals surface area contributed by atoms with Crippen molar-refractivity contribution in [3.05, 3.63) is 45.2 Å². The summed E-state index contributed by atoms with van der Waals surface area (Å²) >= 11 is 0. The van der Waals surface area contributed by atoms with E-state index in [1.54, 1.807) is 14.1 Å². The number of carbonyl (C=O) groups is 3. The number of Topliss-reactive ketones (excluding diaryl/α,β-unsaturated/α-hetero) is 2. The van der Waals surface area contributed by atoms with E-state index < -0.39 is 58.0 Å². The number of phenolic OH excluding ortho intramolecular Hbond substituents is 1. The molecule has 3 aliphatic rings. The van der Waals surface area contributed by atoms with Crippen LogP contribution in [-0.2, 0) is 33.6 Å². The third kappa shape index (κ3) is 4.63. The number of benzene rings is 1. The third-order valence-electron chi connectivity index (χ3n) is 8.78. The number of fused-ring (bicyclic) bond motifs is 3. The molecule has 0 heterocycles. The average molecular weight is 555 g/mol. The Balaban J connectivity index is 1.90. The summed E-state index contributed by atoms with van der Waals surface area (Å²) in [6.45, 7) is 8.50. The highest BCUT2D eigenvalue weighted by Gasteiger charge is 2.64. The molecule has 6 N–H and O–H groups in total. The normalized spacial score (nSPS) is 26.6. The lowest BCUT2D eigenvalue weighted by molar-refractivity contribution is -0.153. The summed E-state index contributed by atoms with van der Waals surface area (Å²) < 4.78 is 0. The fourth-order valence-electron chi connectivity index (χ4n) is 6.94. The van der Waals surface area contributed by atoms with E-state index in [1.807, 2.05) is 13.0 Å². The Kier molecular flexibility index (Phi) is 7.71. The van der Waals surface area contributed by atoms with Crippen molar-refractivity contribution in [3.8, 4) is 5.75 Å². The van der Waals surface area contributed by atoms with Gasteiger partial charge < -0.3 is 26.2 Å². The molecule has 4 rings (SSSR count). The standard InChI is InChI=1S/C31H42N2O7/c1-7-9-15-12-16(10-8-11-30(2,3)4)24(34)21-18(15)13-17-14-19-23(33(5)6)26(36)22(29(32)39)28(38)31(19,40)27(37)20(17)25(21)35/h12,17,19,23,34-35,38,40H,7-11,13-14H2,1-6H3,(H2,32,39). The first-order valence-corrected chi connectivity index (χ1v) is 14.1. The van der Waals surface area contributed by atoms with Crippen LogP contribution in [-0.4, -0.2) is 68.5 Å². The number of primary amides is 1. The van der Waals surface area contributed by atoms with E-state index >= 15 is 0 Å². The highest BCUT2D eigenvalue weighted by atomic mass is 16.3. The minimum absolute atomic E-state index is 0.0864. The van der Waals surface area contributed by atoms with Crippen LogP contribution < -0.4 is 5.73 Å². The van der Waals surface area contributed by atoms with Gasteiger partial charge in [0.25, 0.3) is 5.91 Å². The molecule has 4 atom stereocenters. The van der Waals surface area contributed by atoms with Gasteiger partial charge in [-0.1, -0.05) is 40.2 Å². The van der Waals surface area contributed by atoms with Crippen molar-refractivity contribution in [2.24, 2.45) is 23.0 Å². The SMILES string of the molecule is CCCc1cc(CCCC(C)(C)C)c(O)c2c1CC1CC3C(N(C)C)C(=O)C(C(N)=O)=C(O)C3(O)C(=O)C1=C2O. The second kappa shape index (κ2) is 10.3. The number of amides is 1. The van der Waals surface area contributed by atoms with Gasteiger partial charge in [-0.05, 0) is 80.6 Å². The van der Waals surface area contributed by atoms with Crippen LogP contribution >= 0.6 is 0 Å². The molecule has 0 radical (unpaired) electrons. The zero-order valence-corrected chi connectivity index (χ0v) is 24.3. The van der Waals surface area contributed by atoms with Gasteiger partial charge in [0, 0.05) is 11.5 Å². The first-order valence-electron chi connectivity index (χ1n) is 14.1. The fraction of sp³-hybridized carbons (Fsp3) is 0.581. The first kappa shape index (κ1) is 29.8. The molecule has 1 amide bonds. The largest absolute Gasteiger partial charge is 0.508 e. The van der Waals surface area contributed by atoms with Gasteiger partial charge in [-0.2, -0.15) is 0 Å². The van der Waals surface area contributed by atoms with Gasteiger partial charge in [0.1, 0.15) is 22.8 Å². The molecule has 9 nitrogen and oxygen atoms in total. The van der Waals surface area contributed by atoms with Crippen LogP contribution in [0.15, 0.2) is 23.0 Å². The van der Waals surface area contributed by atoms with Gasteiger partial charge in [0.05, 0.1) is 11.6 Å². The van der Waals surface area contributed by atoms with E-state index in [-0.39, 0.29) is 28.7 Å². The number of aryl methyl sites for hydroxylation is 2. The van der Waals surface area contributed by atoms with Crippen molar-refractivity contribution in [2.75, 3.05) is 14.1 Å². The van der Waals surface area contributed by atoms with E-state index in [1.165, 1.54) is 4.90 Å². The first-order chi connectivity index (χ1) is 18.6. The molecule has 0 spiro atoms. The third-order valence-corrected chi connectivity index (χ3v) is 8.78. The molecule has 9 heteroatoms. The molecule has 0 aromatic heterocycles. The number of aliphatic hydroxyl groups is 3. The number of phenols is 1. The maximum absolute atomic E-state index is 14.1. The summed E-state index contributed by atoms with van der Waals surface area (Å²) in [6, 6.07) is 0.909. The number of aliphatic hydroxyl groups excluding tert-OH is 2. The molecular formula is C31H42N2O7. The second-order valence-corrected chi connectivity index (χ2v) is 13.0. The number of likely N-dealkylation sites (N-methyl/N-ethyl adjacent to an activating group) is 1. The van der Waals surface area contributed by atoms with Crippen molar-refractivity contribution >= 4 is 23.2 Å². The molecule has 40 heavy (non-hydrogen) atoms. The Labute approximate surface area is 235 Å². The van der Waals surface area contributed by atoms with Gasteiger partial charge in [0.15, 0.2) is 11.4 Å². The summed E-state index contributed by atoms with van der Waals surface area (Å²) in [6.07, 6.45) is 4.33.